The summed E-state index contributed by atoms with van der Waals surface area (Å²) in [6, 6.07) is 11.9. The van der Waals surface area contributed by atoms with E-state index in [1.54, 1.807) is 42.1 Å². The number of carbonyl (C=O) groups excluding carboxylic acids is 2. The Hall–Kier alpha value is -2.05. The second-order valence-electron chi connectivity index (χ2n) is 5.29. The van der Waals surface area contributed by atoms with Crippen molar-refractivity contribution in [3.05, 3.63) is 64.9 Å². The molecule has 2 aromatic rings. The molecule has 1 atom stereocenters. The summed E-state index contributed by atoms with van der Waals surface area (Å²) in [5.41, 5.74) is 0.486. The van der Waals surface area contributed by atoms with Crippen LogP contribution >= 0.6 is 23.4 Å². The number of hydrogen-bond acceptors (Lipinski definition) is 3. The monoisotopic (exact) mass is 380 g/mol. The topological polar surface area (TPSA) is 58.2 Å². The second kappa shape index (κ2) is 9.44. The Morgan fingerprint density at radius 2 is 1.92 bits per heavy atom. The molecule has 0 aromatic heterocycles. The quantitative estimate of drug-likeness (QED) is 0.764. The Bertz CT molecular complexity index is 743. The van der Waals surface area contributed by atoms with Crippen LogP contribution in [-0.2, 0) is 4.79 Å². The zero-order valence-electron chi connectivity index (χ0n) is 13.6. The number of nitrogens with one attached hydrogen (secondary N) is 2. The summed E-state index contributed by atoms with van der Waals surface area (Å²) in [5.74, 6) is -0.771. The third kappa shape index (κ3) is 5.76. The fourth-order valence-corrected chi connectivity index (χ4v) is 2.78. The molecule has 0 heterocycles. The SMILES string of the molecule is CSCCC(NC(=O)c1ccccc1)C(=O)Nc1ccc(Cl)cc1F. The van der Waals surface area contributed by atoms with Gasteiger partial charge in [0.25, 0.3) is 5.91 Å². The van der Waals surface area contributed by atoms with Crippen LogP contribution in [0.5, 0.6) is 0 Å². The first-order valence-electron chi connectivity index (χ1n) is 7.62. The number of thioether (sulfide) groups is 1. The largest absolute Gasteiger partial charge is 0.340 e. The lowest BCUT2D eigenvalue weighted by Crippen LogP contribution is -2.44. The molecule has 0 saturated carbocycles. The van der Waals surface area contributed by atoms with Crippen molar-refractivity contribution in [1.82, 2.24) is 5.32 Å². The van der Waals surface area contributed by atoms with Crippen molar-refractivity contribution >= 4 is 40.9 Å². The highest BCUT2D eigenvalue weighted by Crippen LogP contribution is 2.19. The van der Waals surface area contributed by atoms with Crippen molar-refractivity contribution in [3.8, 4) is 0 Å². The van der Waals surface area contributed by atoms with Crippen LogP contribution in [0, 0.1) is 5.82 Å². The van der Waals surface area contributed by atoms with E-state index in [0.717, 1.165) is 6.07 Å². The molecule has 0 spiro atoms. The lowest BCUT2D eigenvalue weighted by atomic mass is 10.1. The van der Waals surface area contributed by atoms with Crippen LogP contribution in [0.1, 0.15) is 16.8 Å². The maximum atomic E-state index is 13.9. The molecule has 2 amide bonds. The van der Waals surface area contributed by atoms with Gasteiger partial charge in [0.2, 0.25) is 5.91 Å². The van der Waals surface area contributed by atoms with Gasteiger partial charge >= 0.3 is 0 Å². The van der Waals surface area contributed by atoms with E-state index in [1.807, 2.05) is 6.26 Å². The van der Waals surface area contributed by atoms with Gasteiger partial charge in [-0.15, -0.1) is 0 Å². The number of halogens is 2. The van der Waals surface area contributed by atoms with Crippen LogP contribution in [0.25, 0.3) is 0 Å². The van der Waals surface area contributed by atoms with Gasteiger partial charge in [0, 0.05) is 10.6 Å². The van der Waals surface area contributed by atoms with Gasteiger partial charge < -0.3 is 10.6 Å². The first-order chi connectivity index (χ1) is 12.0. The van der Waals surface area contributed by atoms with Gasteiger partial charge in [0.05, 0.1) is 5.69 Å². The summed E-state index contributed by atoms with van der Waals surface area (Å²) in [6.45, 7) is 0. The number of benzene rings is 2. The molecule has 0 saturated heterocycles. The van der Waals surface area contributed by atoms with Crippen molar-refractivity contribution in [2.24, 2.45) is 0 Å². The molecule has 0 aliphatic rings. The van der Waals surface area contributed by atoms with Crippen molar-refractivity contribution < 1.29 is 14.0 Å². The van der Waals surface area contributed by atoms with Crippen molar-refractivity contribution in [3.63, 3.8) is 0 Å². The number of hydrogen-bond donors (Lipinski definition) is 2. The Morgan fingerprint density at radius 1 is 1.20 bits per heavy atom. The van der Waals surface area contributed by atoms with Crippen LogP contribution in [0.4, 0.5) is 10.1 Å². The van der Waals surface area contributed by atoms with E-state index < -0.39 is 17.8 Å². The van der Waals surface area contributed by atoms with Crippen LogP contribution in [-0.4, -0.2) is 29.9 Å². The maximum absolute atomic E-state index is 13.9. The van der Waals surface area contributed by atoms with Crippen molar-refractivity contribution in [2.45, 2.75) is 12.5 Å². The van der Waals surface area contributed by atoms with Crippen LogP contribution in [0.15, 0.2) is 48.5 Å². The Balaban J connectivity index is 2.10. The lowest BCUT2D eigenvalue weighted by Gasteiger charge is -2.18. The van der Waals surface area contributed by atoms with Gasteiger partial charge in [0.15, 0.2) is 0 Å². The zero-order valence-corrected chi connectivity index (χ0v) is 15.2. The third-order valence-electron chi connectivity index (χ3n) is 3.46. The van der Waals surface area contributed by atoms with Gasteiger partial charge in [0.1, 0.15) is 11.9 Å². The van der Waals surface area contributed by atoms with Gasteiger partial charge in [-0.2, -0.15) is 11.8 Å². The fraction of sp³-hybridized carbons (Fsp3) is 0.222. The highest BCUT2D eigenvalue weighted by Gasteiger charge is 2.22. The molecule has 25 heavy (non-hydrogen) atoms. The van der Waals surface area contributed by atoms with E-state index in [2.05, 4.69) is 10.6 Å². The summed E-state index contributed by atoms with van der Waals surface area (Å²) >= 11 is 7.27. The number of carbonyl (C=O) groups is 2. The smallest absolute Gasteiger partial charge is 0.251 e. The van der Waals surface area contributed by atoms with Crippen LogP contribution < -0.4 is 10.6 Å². The Kier molecular flexibility index (Phi) is 7.28. The molecule has 0 aliphatic heterocycles. The van der Waals surface area contributed by atoms with Crippen molar-refractivity contribution in [1.29, 1.82) is 0 Å². The number of anilines is 1. The Labute approximate surface area is 155 Å². The minimum atomic E-state index is -0.768. The average Bonchev–Trinajstić information content (AvgIpc) is 2.61. The number of rotatable bonds is 7. The van der Waals surface area contributed by atoms with Crippen molar-refractivity contribution in [2.75, 3.05) is 17.3 Å². The van der Waals surface area contributed by atoms with Gasteiger partial charge in [-0.05, 0) is 48.8 Å². The average molecular weight is 381 g/mol. The first kappa shape index (κ1) is 19.3. The second-order valence-corrected chi connectivity index (χ2v) is 6.71. The number of amides is 2. The van der Waals surface area contributed by atoms with E-state index in [0.29, 0.717) is 17.7 Å². The molecule has 0 aliphatic carbocycles. The summed E-state index contributed by atoms with van der Waals surface area (Å²) in [7, 11) is 0. The van der Waals surface area contributed by atoms with Crippen LogP contribution in [0.3, 0.4) is 0 Å². The van der Waals surface area contributed by atoms with Gasteiger partial charge in [-0.1, -0.05) is 29.8 Å². The summed E-state index contributed by atoms with van der Waals surface area (Å²) in [5, 5.41) is 5.46. The molecule has 132 valence electrons. The summed E-state index contributed by atoms with van der Waals surface area (Å²) < 4.78 is 13.9. The van der Waals surface area contributed by atoms with Crippen LogP contribution in [0.2, 0.25) is 5.02 Å². The van der Waals surface area contributed by atoms with Gasteiger partial charge in [-0.3, -0.25) is 9.59 Å². The highest BCUT2D eigenvalue weighted by atomic mass is 35.5. The normalized spacial score (nSPS) is 11.6. The summed E-state index contributed by atoms with van der Waals surface area (Å²) in [6.07, 6.45) is 2.34. The van der Waals surface area contributed by atoms with E-state index in [4.69, 9.17) is 11.6 Å². The predicted octanol–water partition coefficient (Wildman–Crippen LogP) is 3.97. The molecule has 1 unspecified atom stereocenters. The molecule has 4 nitrogen and oxygen atoms in total. The van der Waals surface area contributed by atoms with E-state index in [-0.39, 0.29) is 16.6 Å². The van der Waals surface area contributed by atoms with E-state index in [9.17, 15) is 14.0 Å². The molecular weight excluding hydrogens is 363 g/mol. The maximum Gasteiger partial charge on any atom is 0.251 e. The summed E-state index contributed by atoms with van der Waals surface area (Å²) in [4.78, 5) is 24.8. The van der Waals surface area contributed by atoms with E-state index >= 15 is 0 Å². The molecule has 2 aromatic carbocycles. The first-order valence-corrected chi connectivity index (χ1v) is 9.39. The lowest BCUT2D eigenvalue weighted by molar-refractivity contribution is -0.118. The molecule has 2 rings (SSSR count). The predicted molar refractivity (Wildman–Crippen MR) is 101 cm³/mol. The standard InChI is InChI=1S/C18H18ClFN2O2S/c1-25-10-9-16(22-17(23)12-5-3-2-4-6-12)18(24)21-15-8-7-13(19)11-14(15)20/h2-8,11,16H,9-10H2,1H3,(H,21,24)(H,22,23). The fourth-order valence-electron chi connectivity index (χ4n) is 2.15. The third-order valence-corrected chi connectivity index (χ3v) is 4.34. The zero-order chi connectivity index (χ0) is 18.2. The molecule has 0 bridgehead atoms. The molecule has 0 radical (unpaired) electrons. The Morgan fingerprint density at radius 3 is 2.56 bits per heavy atom. The minimum Gasteiger partial charge on any atom is -0.340 e. The molecule has 2 N–H and O–H groups in total. The minimum absolute atomic E-state index is 0.0255. The van der Waals surface area contributed by atoms with E-state index in [1.165, 1.54) is 12.1 Å². The molecule has 0 fully saturated rings. The van der Waals surface area contributed by atoms with Gasteiger partial charge in [-0.25, -0.2) is 4.39 Å². The molecule has 7 heteroatoms. The molecular formula is C18H18ClFN2O2S. The highest BCUT2D eigenvalue weighted by molar-refractivity contribution is 7.98.